The smallest absolute Gasteiger partial charge is 0.270 e. The van der Waals surface area contributed by atoms with Gasteiger partial charge in [-0.1, -0.05) is 23.5 Å². The van der Waals surface area contributed by atoms with Crippen LogP contribution in [0.1, 0.15) is 12.0 Å². The summed E-state index contributed by atoms with van der Waals surface area (Å²) in [5.41, 5.74) is 1.07. The third-order valence-corrected chi connectivity index (χ3v) is 4.13. The van der Waals surface area contributed by atoms with Gasteiger partial charge in [-0.05, 0) is 30.2 Å². The van der Waals surface area contributed by atoms with Gasteiger partial charge in [0, 0.05) is 13.1 Å². The number of hydrogen-bond donors (Lipinski definition) is 0. The zero-order valence-electron chi connectivity index (χ0n) is 10.6. The number of ether oxygens (including phenoxy) is 1. The van der Waals surface area contributed by atoms with Crippen molar-refractivity contribution in [1.82, 2.24) is 4.57 Å². The van der Waals surface area contributed by atoms with Crippen LogP contribution in [0.5, 0.6) is 5.75 Å². The molecule has 0 spiro atoms. The molecule has 2 aromatic rings. The summed E-state index contributed by atoms with van der Waals surface area (Å²) < 4.78 is 7.63. The summed E-state index contributed by atoms with van der Waals surface area (Å²) in [4.78, 5) is 17.4. The van der Waals surface area contributed by atoms with E-state index in [4.69, 9.17) is 4.74 Å². The fourth-order valence-corrected chi connectivity index (χ4v) is 3.11. The van der Waals surface area contributed by atoms with Crippen molar-refractivity contribution >= 4 is 17.4 Å². The molecule has 5 heteroatoms. The first-order chi connectivity index (χ1) is 9.28. The van der Waals surface area contributed by atoms with Crippen molar-refractivity contribution in [3.8, 4) is 5.75 Å². The molecular formula is C14H14N2O2S. The van der Waals surface area contributed by atoms with E-state index in [1.807, 2.05) is 30.3 Å². The lowest BCUT2D eigenvalue weighted by atomic mass is 10.2. The van der Waals surface area contributed by atoms with Crippen LogP contribution in [0, 0.1) is 0 Å². The Morgan fingerprint density at radius 1 is 1.37 bits per heavy atom. The van der Waals surface area contributed by atoms with Crippen molar-refractivity contribution in [2.24, 2.45) is 4.99 Å². The fourth-order valence-electron chi connectivity index (χ4n) is 2.08. The first-order valence-electron chi connectivity index (χ1n) is 6.18. The van der Waals surface area contributed by atoms with E-state index in [0.29, 0.717) is 0 Å². The van der Waals surface area contributed by atoms with Crippen molar-refractivity contribution in [1.29, 1.82) is 0 Å². The van der Waals surface area contributed by atoms with E-state index >= 15 is 0 Å². The Balaban J connectivity index is 2.09. The van der Waals surface area contributed by atoms with E-state index < -0.39 is 0 Å². The number of hydrogen-bond acceptors (Lipinski definition) is 4. The molecule has 0 saturated carbocycles. The van der Waals surface area contributed by atoms with Crippen molar-refractivity contribution in [3.05, 3.63) is 49.5 Å². The highest BCUT2D eigenvalue weighted by atomic mass is 32.1. The second-order valence-electron chi connectivity index (χ2n) is 4.36. The third kappa shape index (κ3) is 2.33. The number of benzene rings is 1. The Kier molecular flexibility index (Phi) is 3.21. The third-order valence-electron chi connectivity index (χ3n) is 3.09. The number of nitrogens with zero attached hydrogens (tertiary/aromatic N) is 2. The molecule has 1 aliphatic rings. The quantitative estimate of drug-likeness (QED) is 0.812. The molecule has 0 atom stereocenters. The molecule has 0 unspecified atom stereocenters. The van der Waals surface area contributed by atoms with Gasteiger partial charge in [0.25, 0.3) is 5.56 Å². The van der Waals surface area contributed by atoms with Gasteiger partial charge >= 0.3 is 0 Å². The molecule has 2 heterocycles. The molecule has 0 fully saturated rings. The lowest BCUT2D eigenvalue weighted by Gasteiger charge is -2.03. The predicted octanol–water partition coefficient (Wildman–Crippen LogP) is 0.771. The monoisotopic (exact) mass is 274 g/mol. The van der Waals surface area contributed by atoms with Crippen molar-refractivity contribution in [2.45, 2.75) is 13.0 Å². The summed E-state index contributed by atoms with van der Waals surface area (Å²) in [7, 11) is 1.64. The van der Waals surface area contributed by atoms with Crippen LogP contribution in [0.3, 0.4) is 0 Å². The van der Waals surface area contributed by atoms with Crippen molar-refractivity contribution in [3.63, 3.8) is 0 Å². The molecule has 0 N–H and O–H groups in total. The van der Waals surface area contributed by atoms with E-state index in [0.717, 1.165) is 40.2 Å². The first-order valence-corrected chi connectivity index (χ1v) is 6.99. The van der Waals surface area contributed by atoms with Gasteiger partial charge in [0.05, 0.1) is 11.6 Å². The lowest BCUT2D eigenvalue weighted by molar-refractivity contribution is 0.415. The summed E-state index contributed by atoms with van der Waals surface area (Å²) >= 11 is 1.46. The van der Waals surface area contributed by atoms with Gasteiger partial charge in [0.2, 0.25) is 0 Å². The van der Waals surface area contributed by atoms with Crippen LogP contribution >= 0.6 is 11.3 Å². The fraction of sp³-hybridized carbons (Fsp3) is 0.286. The molecule has 0 saturated heterocycles. The Morgan fingerprint density at radius 2 is 2.16 bits per heavy atom. The topological polar surface area (TPSA) is 43.6 Å². The van der Waals surface area contributed by atoms with Crippen LogP contribution in [0.25, 0.3) is 6.08 Å². The molecular weight excluding hydrogens is 260 g/mol. The molecule has 3 rings (SSSR count). The van der Waals surface area contributed by atoms with Crippen LogP contribution in [0.2, 0.25) is 0 Å². The average molecular weight is 274 g/mol. The normalized spacial score (nSPS) is 14.9. The minimum Gasteiger partial charge on any atom is -0.497 e. The SMILES string of the molecule is COc1ccc(/C=c2\sc3n(c2=O)CCCN=3)cc1. The van der Waals surface area contributed by atoms with Crippen LogP contribution in [-0.2, 0) is 6.54 Å². The highest BCUT2D eigenvalue weighted by Crippen LogP contribution is 2.11. The van der Waals surface area contributed by atoms with Gasteiger partial charge < -0.3 is 4.74 Å². The maximum Gasteiger partial charge on any atom is 0.270 e. The van der Waals surface area contributed by atoms with Crippen molar-refractivity contribution in [2.75, 3.05) is 13.7 Å². The maximum absolute atomic E-state index is 12.2. The van der Waals surface area contributed by atoms with Gasteiger partial charge in [-0.3, -0.25) is 14.4 Å². The van der Waals surface area contributed by atoms with E-state index in [9.17, 15) is 4.79 Å². The minimum absolute atomic E-state index is 0.0688. The molecule has 1 aliphatic heterocycles. The molecule has 1 aromatic heterocycles. The largest absolute Gasteiger partial charge is 0.497 e. The standard InChI is InChI=1S/C14H14N2O2S/c1-18-11-5-3-10(4-6-11)9-12-13(17)16-8-2-7-15-14(16)19-12/h3-6,9H,2,7-8H2,1H3/b12-9-. The minimum atomic E-state index is 0.0688. The molecule has 0 amide bonds. The molecule has 19 heavy (non-hydrogen) atoms. The Hall–Kier alpha value is -1.88. The Labute approximate surface area is 114 Å². The van der Waals surface area contributed by atoms with E-state index in [1.165, 1.54) is 11.3 Å². The van der Waals surface area contributed by atoms with E-state index in [1.54, 1.807) is 11.7 Å². The zero-order valence-corrected chi connectivity index (χ0v) is 11.4. The summed E-state index contributed by atoms with van der Waals surface area (Å²) in [6.45, 7) is 1.60. The Morgan fingerprint density at radius 3 is 2.84 bits per heavy atom. The predicted molar refractivity (Wildman–Crippen MR) is 75.4 cm³/mol. The number of fused-ring (bicyclic) bond motifs is 1. The molecule has 98 valence electrons. The van der Waals surface area contributed by atoms with Crippen molar-refractivity contribution < 1.29 is 4.74 Å². The summed E-state index contributed by atoms with van der Waals surface area (Å²) in [6, 6.07) is 7.67. The molecule has 4 nitrogen and oxygen atoms in total. The van der Waals surface area contributed by atoms with Crippen LogP contribution in [0.4, 0.5) is 0 Å². The van der Waals surface area contributed by atoms with Crippen LogP contribution in [-0.4, -0.2) is 18.2 Å². The molecule has 0 radical (unpaired) electrons. The van der Waals surface area contributed by atoms with Gasteiger partial charge in [-0.25, -0.2) is 0 Å². The van der Waals surface area contributed by atoms with Gasteiger partial charge in [-0.2, -0.15) is 0 Å². The second-order valence-corrected chi connectivity index (χ2v) is 5.37. The Bertz CT molecular complexity index is 756. The van der Waals surface area contributed by atoms with Crippen LogP contribution in [0.15, 0.2) is 34.1 Å². The summed E-state index contributed by atoms with van der Waals surface area (Å²) in [5, 5.41) is 0. The number of aromatic nitrogens is 1. The zero-order chi connectivity index (χ0) is 13.2. The van der Waals surface area contributed by atoms with E-state index in [2.05, 4.69) is 4.99 Å². The summed E-state index contributed by atoms with van der Waals surface area (Å²) in [5.74, 6) is 0.814. The highest BCUT2D eigenvalue weighted by Gasteiger charge is 2.08. The van der Waals surface area contributed by atoms with Gasteiger partial charge in [-0.15, -0.1) is 0 Å². The molecule has 0 aliphatic carbocycles. The number of methoxy groups -OCH3 is 1. The van der Waals surface area contributed by atoms with Gasteiger partial charge in [0.1, 0.15) is 5.75 Å². The number of thiazole rings is 1. The van der Waals surface area contributed by atoms with E-state index in [-0.39, 0.29) is 5.56 Å². The highest BCUT2D eigenvalue weighted by molar-refractivity contribution is 7.07. The lowest BCUT2D eigenvalue weighted by Crippen LogP contribution is -2.33. The van der Waals surface area contributed by atoms with Gasteiger partial charge in [0.15, 0.2) is 4.80 Å². The average Bonchev–Trinajstić information content (AvgIpc) is 2.77. The molecule has 0 bridgehead atoms. The number of rotatable bonds is 2. The van der Waals surface area contributed by atoms with Crippen LogP contribution < -0.4 is 19.6 Å². The second kappa shape index (κ2) is 5.01. The molecule has 1 aromatic carbocycles. The maximum atomic E-state index is 12.2. The first kappa shape index (κ1) is 12.2. The summed E-state index contributed by atoms with van der Waals surface area (Å²) in [6.07, 6.45) is 2.86.